The molecule has 17 heavy (non-hydrogen) atoms. The maximum atomic E-state index is 13.5. The maximum Gasteiger partial charge on any atom is 0.148 e. The van der Waals surface area contributed by atoms with Crippen molar-refractivity contribution in [3.8, 4) is 5.69 Å². The summed E-state index contributed by atoms with van der Waals surface area (Å²) in [4.78, 5) is 0. The quantitative estimate of drug-likeness (QED) is 0.884. The minimum atomic E-state index is -0.331. The minimum absolute atomic E-state index is 0.185. The number of benzene rings is 1. The Morgan fingerprint density at radius 1 is 1.29 bits per heavy atom. The Labute approximate surface area is 99.2 Å². The van der Waals surface area contributed by atoms with E-state index in [1.807, 2.05) is 13.8 Å². The third kappa shape index (κ3) is 2.34. The van der Waals surface area contributed by atoms with Crippen LogP contribution in [0.3, 0.4) is 0 Å². The van der Waals surface area contributed by atoms with Gasteiger partial charge in [0.1, 0.15) is 17.2 Å². The molecular formula is C12H15FN4. The van der Waals surface area contributed by atoms with Crippen molar-refractivity contribution in [1.29, 1.82) is 0 Å². The summed E-state index contributed by atoms with van der Waals surface area (Å²) in [5.74, 6) is -0.0668. The number of hydrogen-bond donors (Lipinski definition) is 1. The third-order valence-corrected chi connectivity index (χ3v) is 2.67. The highest BCUT2D eigenvalue weighted by molar-refractivity contribution is 5.32. The smallest absolute Gasteiger partial charge is 0.148 e. The van der Waals surface area contributed by atoms with Gasteiger partial charge < -0.3 is 5.73 Å². The Kier molecular flexibility index (Phi) is 3.19. The molecule has 0 fully saturated rings. The average molecular weight is 234 g/mol. The topological polar surface area (TPSA) is 56.7 Å². The van der Waals surface area contributed by atoms with E-state index in [0.29, 0.717) is 11.4 Å². The lowest BCUT2D eigenvalue weighted by Gasteiger charge is -2.11. The van der Waals surface area contributed by atoms with Crippen LogP contribution < -0.4 is 5.73 Å². The summed E-state index contributed by atoms with van der Waals surface area (Å²) in [7, 11) is 0. The van der Waals surface area contributed by atoms with Crippen LogP contribution in [0.15, 0.2) is 30.5 Å². The third-order valence-electron chi connectivity index (χ3n) is 2.67. The number of aromatic nitrogens is 3. The normalized spacial score (nSPS) is 13.0. The molecule has 90 valence electrons. The standard InChI is InChI=1S/C12H15FN4/c1-8(2)12(14)10-7-17(16-15-10)11-6-4-3-5-9(11)13/h3-8,12H,14H2,1-2H3. The molecule has 5 heteroatoms. The second kappa shape index (κ2) is 4.63. The van der Waals surface area contributed by atoms with Crippen molar-refractivity contribution in [3.63, 3.8) is 0 Å². The van der Waals surface area contributed by atoms with Crippen LogP contribution in [0.2, 0.25) is 0 Å². The first-order valence-corrected chi connectivity index (χ1v) is 5.52. The van der Waals surface area contributed by atoms with Crippen LogP contribution in [0.4, 0.5) is 4.39 Å². The molecule has 0 aliphatic heterocycles. The highest BCUT2D eigenvalue weighted by Crippen LogP contribution is 2.18. The van der Waals surface area contributed by atoms with Crippen molar-refractivity contribution in [2.45, 2.75) is 19.9 Å². The van der Waals surface area contributed by atoms with Gasteiger partial charge in [-0.2, -0.15) is 0 Å². The van der Waals surface area contributed by atoms with Gasteiger partial charge in [-0.1, -0.05) is 31.2 Å². The molecule has 1 aromatic heterocycles. The molecule has 1 unspecified atom stereocenters. The highest BCUT2D eigenvalue weighted by Gasteiger charge is 2.15. The SMILES string of the molecule is CC(C)C(N)c1cn(-c2ccccc2F)nn1. The van der Waals surface area contributed by atoms with Crippen molar-refractivity contribution in [2.75, 3.05) is 0 Å². The molecule has 2 rings (SSSR count). The molecule has 0 bridgehead atoms. The molecule has 2 N–H and O–H groups in total. The number of hydrogen-bond acceptors (Lipinski definition) is 3. The fraction of sp³-hybridized carbons (Fsp3) is 0.333. The fourth-order valence-corrected chi connectivity index (χ4v) is 1.53. The molecule has 0 saturated carbocycles. The summed E-state index contributed by atoms with van der Waals surface area (Å²) in [5.41, 5.74) is 7.00. The van der Waals surface area contributed by atoms with Crippen LogP contribution in [0.5, 0.6) is 0 Å². The fourth-order valence-electron chi connectivity index (χ4n) is 1.53. The largest absolute Gasteiger partial charge is 0.322 e. The van der Waals surface area contributed by atoms with E-state index in [2.05, 4.69) is 10.3 Å². The zero-order chi connectivity index (χ0) is 12.4. The van der Waals surface area contributed by atoms with Crippen LogP contribution in [-0.2, 0) is 0 Å². The van der Waals surface area contributed by atoms with Crippen LogP contribution in [0.25, 0.3) is 5.69 Å². The zero-order valence-corrected chi connectivity index (χ0v) is 9.84. The monoisotopic (exact) mass is 234 g/mol. The van der Waals surface area contributed by atoms with E-state index in [1.165, 1.54) is 10.7 Å². The average Bonchev–Trinajstić information content (AvgIpc) is 2.77. The second-order valence-corrected chi connectivity index (χ2v) is 4.31. The van der Waals surface area contributed by atoms with Crippen molar-refractivity contribution < 1.29 is 4.39 Å². The van der Waals surface area contributed by atoms with Crippen molar-refractivity contribution in [1.82, 2.24) is 15.0 Å². The van der Waals surface area contributed by atoms with Gasteiger partial charge in [0, 0.05) is 0 Å². The molecule has 0 amide bonds. The first kappa shape index (κ1) is 11.7. The predicted molar refractivity (Wildman–Crippen MR) is 63.1 cm³/mol. The van der Waals surface area contributed by atoms with Gasteiger partial charge in [-0.25, -0.2) is 9.07 Å². The first-order chi connectivity index (χ1) is 8.09. The van der Waals surface area contributed by atoms with Gasteiger partial charge in [0.25, 0.3) is 0 Å². The van der Waals surface area contributed by atoms with Crippen molar-refractivity contribution in [2.24, 2.45) is 11.7 Å². The Morgan fingerprint density at radius 2 is 2.00 bits per heavy atom. The van der Waals surface area contributed by atoms with Crippen molar-refractivity contribution in [3.05, 3.63) is 42.0 Å². The molecule has 4 nitrogen and oxygen atoms in total. The molecule has 1 aromatic carbocycles. The molecule has 0 aliphatic carbocycles. The lowest BCUT2D eigenvalue weighted by molar-refractivity contribution is 0.502. The molecule has 0 radical (unpaired) electrons. The Balaban J connectivity index is 2.34. The molecule has 2 aromatic rings. The van der Waals surface area contributed by atoms with E-state index in [-0.39, 0.29) is 17.8 Å². The molecule has 1 atom stereocenters. The number of nitrogens with zero attached hydrogens (tertiary/aromatic N) is 3. The first-order valence-electron chi connectivity index (χ1n) is 5.52. The van der Waals surface area contributed by atoms with Crippen LogP contribution in [0.1, 0.15) is 25.6 Å². The van der Waals surface area contributed by atoms with Crippen molar-refractivity contribution >= 4 is 0 Å². The summed E-state index contributed by atoms with van der Waals surface area (Å²) in [6.07, 6.45) is 1.67. The summed E-state index contributed by atoms with van der Waals surface area (Å²) in [6.45, 7) is 4.01. The lowest BCUT2D eigenvalue weighted by Crippen LogP contribution is -2.17. The van der Waals surface area contributed by atoms with Crippen LogP contribution in [-0.4, -0.2) is 15.0 Å². The zero-order valence-electron chi connectivity index (χ0n) is 9.84. The van der Waals surface area contributed by atoms with E-state index in [4.69, 9.17) is 5.73 Å². The van der Waals surface area contributed by atoms with Gasteiger partial charge in [0.05, 0.1) is 12.2 Å². The van der Waals surface area contributed by atoms with Gasteiger partial charge in [0.15, 0.2) is 0 Å². The summed E-state index contributed by atoms with van der Waals surface area (Å²) in [6, 6.07) is 6.24. The Hall–Kier alpha value is -1.75. The number of nitrogens with two attached hydrogens (primary N) is 1. The van der Waals surface area contributed by atoms with Gasteiger partial charge >= 0.3 is 0 Å². The van der Waals surface area contributed by atoms with Gasteiger partial charge in [-0.3, -0.25) is 0 Å². The summed E-state index contributed by atoms with van der Waals surface area (Å²) < 4.78 is 14.9. The van der Waals surface area contributed by atoms with Gasteiger partial charge in [0.2, 0.25) is 0 Å². The van der Waals surface area contributed by atoms with Crippen LogP contribution in [0, 0.1) is 11.7 Å². The molecule has 1 heterocycles. The minimum Gasteiger partial charge on any atom is -0.322 e. The summed E-state index contributed by atoms with van der Waals surface area (Å²) >= 11 is 0. The predicted octanol–water partition coefficient (Wildman–Crippen LogP) is 2.06. The molecule has 0 aliphatic rings. The van der Waals surface area contributed by atoms with Gasteiger partial charge in [-0.15, -0.1) is 5.10 Å². The molecular weight excluding hydrogens is 219 g/mol. The van der Waals surface area contributed by atoms with Gasteiger partial charge in [-0.05, 0) is 18.1 Å². The number of halogens is 1. The number of rotatable bonds is 3. The highest BCUT2D eigenvalue weighted by atomic mass is 19.1. The van der Waals surface area contributed by atoms with Crippen LogP contribution >= 0.6 is 0 Å². The van der Waals surface area contributed by atoms with E-state index in [0.717, 1.165) is 0 Å². The maximum absolute atomic E-state index is 13.5. The molecule has 0 saturated heterocycles. The second-order valence-electron chi connectivity index (χ2n) is 4.31. The molecule has 0 spiro atoms. The Bertz CT molecular complexity index is 507. The number of para-hydroxylation sites is 1. The Morgan fingerprint density at radius 3 is 2.65 bits per heavy atom. The van der Waals surface area contributed by atoms with E-state index in [1.54, 1.807) is 24.4 Å². The van der Waals surface area contributed by atoms with E-state index in [9.17, 15) is 4.39 Å². The summed E-state index contributed by atoms with van der Waals surface area (Å²) in [5, 5.41) is 7.87. The van der Waals surface area contributed by atoms with E-state index >= 15 is 0 Å². The van der Waals surface area contributed by atoms with E-state index < -0.39 is 0 Å². The lowest BCUT2D eigenvalue weighted by atomic mass is 10.0.